The van der Waals surface area contributed by atoms with Gasteiger partial charge in [-0.15, -0.1) is 0 Å². The van der Waals surface area contributed by atoms with E-state index in [4.69, 9.17) is 10.00 Å². The van der Waals surface area contributed by atoms with Gasteiger partial charge in [-0.3, -0.25) is 9.89 Å². The molecule has 130 valence electrons. The second-order valence-electron chi connectivity index (χ2n) is 5.41. The van der Waals surface area contributed by atoms with Gasteiger partial charge in [-0.05, 0) is 48.5 Å². The molecule has 0 fully saturated rings. The predicted molar refractivity (Wildman–Crippen MR) is 97.7 cm³/mol. The number of nitrogens with zero attached hydrogens (tertiary/aromatic N) is 2. The second-order valence-corrected chi connectivity index (χ2v) is 6.27. The fourth-order valence-corrected chi connectivity index (χ4v) is 2.87. The summed E-state index contributed by atoms with van der Waals surface area (Å²) in [5.74, 6) is -1.13. The molecule has 0 atom stereocenters. The fraction of sp³-hybridized carbons (Fsp3) is 0.111. The maximum absolute atomic E-state index is 12.1. The average Bonchev–Trinajstić information content (AvgIpc) is 3.06. The summed E-state index contributed by atoms with van der Waals surface area (Å²) in [5.41, 5.74) is 2.26. The number of ether oxygens (including phenoxy) is 1. The first-order chi connectivity index (χ1) is 12.6. The number of carbonyl (C=O) groups is 2. The van der Waals surface area contributed by atoms with Crippen molar-refractivity contribution in [1.29, 1.82) is 5.26 Å². The third-order valence-electron chi connectivity index (χ3n) is 3.63. The molecule has 0 aliphatic carbocycles. The van der Waals surface area contributed by atoms with E-state index < -0.39 is 18.5 Å². The minimum atomic E-state index is -0.671. The van der Waals surface area contributed by atoms with Crippen LogP contribution in [0.5, 0.6) is 0 Å². The molecule has 0 bridgehead atoms. The van der Waals surface area contributed by atoms with Crippen molar-refractivity contribution in [2.24, 2.45) is 0 Å². The van der Waals surface area contributed by atoms with Gasteiger partial charge >= 0.3 is 5.97 Å². The summed E-state index contributed by atoms with van der Waals surface area (Å²) in [6.07, 6.45) is 0. The van der Waals surface area contributed by atoms with Crippen LogP contribution in [0.15, 0.2) is 47.4 Å². The topological polar surface area (TPSA) is 108 Å². The molecule has 0 saturated heterocycles. The molecule has 2 aromatic carbocycles. The maximum Gasteiger partial charge on any atom is 0.359 e. The van der Waals surface area contributed by atoms with Gasteiger partial charge in [0.2, 0.25) is 0 Å². The summed E-state index contributed by atoms with van der Waals surface area (Å²) >= 11 is 1.04. The van der Waals surface area contributed by atoms with Crippen molar-refractivity contribution in [2.75, 3.05) is 11.9 Å². The Kier molecular flexibility index (Phi) is 5.20. The number of carbonyl (C=O) groups excluding carboxylic acids is 2. The number of aromatic amines is 1. The first kappa shape index (κ1) is 17.5. The number of H-pyrrole nitrogens is 1. The van der Waals surface area contributed by atoms with Gasteiger partial charge in [0, 0.05) is 16.0 Å². The number of fused-ring (bicyclic) bond motifs is 1. The van der Waals surface area contributed by atoms with Crippen molar-refractivity contribution in [3.8, 4) is 5.40 Å². The smallest absolute Gasteiger partial charge is 0.359 e. The largest absolute Gasteiger partial charge is 0.451 e. The number of thioether (sulfide) groups is 1. The number of aryl methyl sites for hydroxylation is 1. The summed E-state index contributed by atoms with van der Waals surface area (Å²) in [7, 11) is 0. The zero-order valence-corrected chi connectivity index (χ0v) is 14.6. The molecule has 1 aromatic heterocycles. The van der Waals surface area contributed by atoms with Crippen molar-refractivity contribution in [3.05, 3.63) is 53.7 Å². The van der Waals surface area contributed by atoms with Crippen LogP contribution in [0.2, 0.25) is 0 Å². The van der Waals surface area contributed by atoms with E-state index in [0.29, 0.717) is 11.1 Å². The highest BCUT2D eigenvalue weighted by Gasteiger charge is 2.17. The van der Waals surface area contributed by atoms with Crippen molar-refractivity contribution in [1.82, 2.24) is 10.2 Å². The number of thiocyanates is 1. The van der Waals surface area contributed by atoms with Crippen molar-refractivity contribution >= 4 is 40.2 Å². The fourth-order valence-electron chi connectivity index (χ4n) is 2.40. The van der Waals surface area contributed by atoms with Crippen LogP contribution in [0.4, 0.5) is 5.69 Å². The second kappa shape index (κ2) is 7.72. The Labute approximate surface area is 153 Å². The van der Waals surface area contributed by atoms with Crippen LogP contribution in [0.25, 0.3) is 10.9 Å². The number of aromatic nitrogens is 2. The number of para-hydroxylation sites is 1. The number of esters is 1. The molecule has 26 heavy (non-hydrogen) atoms. The number of anilines is 1. The number of amides is 1. The van der Waals surface area contributed by atoms with Gasteiger partial charge in [0.05, 0.1) is 5.52 Å². The van der Waals surface area contributed by atoms with Crippen LogP contribution in [-0.2, 0) is 9.53 Å². The molecule has 1 amide bonds. The normalized spacial score (nSPS) is 10.3. The third kappa shape index (κ3) is 3.84. The Morgan fingerprint density at radius 1 is 1.31 bits per heavy atom. The van der Waals surface area contributed by atoms with Crippen LogP contribution in [0.3, 0.4) is 0 Å². The standard InChI is InChI=1S/C18H14N4O3S/c1-11-8-12(26-10-19)6-7-14(11)20-16(23)9-25-18(24)17-13-4-2-3-5-15(13)21-22-17/h2-8H,9H2,1H3,(H,20,23)(H,21,22). The molecular weight excluding hydrogens is 352 g/mol. The molecular formula is C18H14N4O3S. The van der Waals surface area contributed by atoms with Crippen molar-refractivity contribution < 1.29 is 14.3 Å². The van der Waals surface area contributed by atoms with Crippen LogP contribution < -0.4 is 5.32 Å². The average molecular weight is 366 g/mol. The Morgan fingerprint density at radius 3 is 2.88 bits per heavy atom. The van der Waals surface area contributed by atoms with Gasteiger partial charge < -0.3 is 10.1 Å². The van der Waals surface area contributed by atoms with E-state index in [0.717, 1.165) is 27.7 Å². The molecule has 0 spiro atoms. The molecule has 3 aromatic rings. The van der Waals surface area contributed by atoms with Crippen molar-refractivity contribution in [2.45, 2.75) is 11.8 Å². The predicted octanol–water partition coefficient (Wildman–Crippen LogP) is 3.24. The van der Waals surface area contributed by atoms with Gasteiger partial charge in [-0.1, -0.05) is 18.2 Å². The number of nitriles is 1. The Bertz CT molecular complexity index is 1020. The lowest BCUT2D eigenvalue weighted by Gasteiger charge is -2.09. The number of nitrogens with one attached hydrogen (secondary N) is 2. The molecule has 3 rings (SSSR count). The lowest BCUT2D eigenvalue weighted by Crippen LogP contribution is -2.21. The maximum atomic E-state index is 12.1. The van der Waals surface area contributed by atoms with E-state index in [1.807, 2.05) is 18.4 Å². The Morgan fingerprint density at radius 2 is 2.12 bits per heavy atom. The molecule has 2 N–H and O–H groups in total. The van der Waals surface area contributed by atoms with E-state index in [2.05, 4.69) is 15.5 Å². The minimum absolute atomic E-state index is 0.141. The summed E-state index contributed by atoms with van der Waals surface area (Å²) in [4.78, 5) is 25.0. The van der Waals surface area contributed by atoms with Crippen LogP contribution >= 0.6 is 11.8 Å². The summed E-state index contributed by atoms with van der Waals surface area (Å²) in [6.45, 7) is 1.40. The van der Waals surface area contributed by atoms with E-state index in [-0.39, 0.29) is 5.69 Å². The van der Waals surface area contributed by atoms with E-state index in [1.165, 1.54) is 0 Å². The number of hydrogen-bond donors (Lipinski definition) is 2. The molecule has 0 unspecified atom stereocenters. The monoisotopic (exact) mass is 366 g/mol. The third-order valence-corrected chi connectivity index (χ3v) is 4.21. The molecule has 8 heteroatoms. The number of hydrogen-bond acceptors (Lipinski definition) is 6. The van der Waals surface area contributed by atoms with Crippen LogP contribution in [0.1, 0.15) is 16.1 Å². The summed E-state index contributed by atoms with van der Waals surface area (Å²) < 4.78 is 5.05. The number of benzene rings is 2. The van der Waals surface area contributed by atoms with Gasteiger partial charge in [-0.2, -0.15) is 10.4 Å². The number of rotatable bonds is 5. The summed E-state index contributed by atoms with van der Waals surface area (Å²) in [6, 6.07) is 12.4. The highest BCUT2D eigenvalue weighted by Crippen LogP contribution is 2.23. The van der Waals surface area contributed by atoms with Crippen LogP contribution in [0, 0.1) is 17.6 Å². The molecule has 0 aliphatic rings. The molecule has 0 radical (unpaired) electrons. The Hall–Kier alpha value is -3.31. The highest BCUT2D eigenvalue weighted by atomic mass is 32.2. The first-order valence-electron chi connectivity index (χ1n) is 7.65. The minimum Gasteiger partial charge on any atom is -0.451 e. The van der Waals surface area contributed by atoms with Crippen LogP contribution in [-0.4, -0.2) is 28.7 Å². The molecule has 0 saturated carbocycles. The zero-order valence-electron chi connectivity index (χ0n) is 13.8. The molecule has 0 aliphatic heterocycles. The highest BCUT2D eigenvalue weighted by molar-refractivity contribution is 8.03. The van der Waals surface area contributed by atoms with Crippen molar-refractivity contribution in [3.63, 3.8) is 0 Å². The Balaban J connectivity index is 1.60. The summed E-state index contributed by atoms with van der Waals surface area (Å²) in [5, 5.41) is 20.7. The van der Waals surface area contributed by atoms with E-state index in [1.54, 1.807) is 36.4 Å². The van der Waals surface area contributed by atoms with Gasteiger partial charge in [0.1, 0.15) is 5.40 Å². The van der Waals surface area contributed by atoms with Gasteiger partial charge in [-0.25, -0.2) is 4.79 Å². The van der Waals surface area contributed by atoms with E-state index in [9.17, 15) is 9.59 Å². The SMILES string of the molecule is Cc1cc(SC#N)ccc1NC(=O)COC(=O)c1n[nH]c2ccccc12. The van der Waals surface area contributed by atoms with E-state index >= 15 is 0 Å². The first-order valence-corrected chi connectivity index (χ1v) is 8.47. The van der Waals surface area contributed by atoms with Gasteiger partial charge in [0.25, 0.3) is 5.91 Å². The molecule has 7 nitrogen and oxygen atoms in total. The quantitative estimate of drug-likeness (QED) is 0.408. The lowest BCUT2D eigenvalue weighted by molar-refractivity contribution is -0.119. The van der Waals surface area contributed by atoms with Gasteiger partial charge in [0.15, 0.2) is 12.3 Å². The molecule has 1 heterocycles. The zero-order chi connectivity index (χ0) is 18.5. The lowest BCUT2D eigenvalue weighted by atomic mass is 10.2.